The first-order valence-electron chi connectivity index (χ1n) is 8.25. The predicted octanol–water partition coefficient (Wildman–Crippen LogP) is 1.85. The highest BCUT2D eigenvalue weighted by Crippen LogP contribution is 2.28. The molecular formula is C17H23ClN4O4. The number of hydrogen-bond acceptors (Lipinski definition) is 7. The molecule has 3 atom stereocenters. The van der Waals surface area contributed by atoms with E-state index in [0.29, 0.717) is 30.4 Å². The van der Waals surface area contributed by atoms with Gasteiger partial charge < -0.3 is 25.0 Å². The Bertz CT molecular complexity index is 739. The summed E-state index contributed by atoms with van der Waals surface area (Å²) in [5.74, 6) is 1.19. The van der Waals surface area contributed by atoms with E-state index in [9.17, 15) is 4.79 Å². The first kappa shape index (κ1) is 20.2. The fraction of sp³-hybridized carbons (Fsp3) is 0.471. The number of aromatic nitrogens is 2. The van der Waals surface area contributed by atoms with E-state index in [2.05, 4.69) is 15.5 Å². The number of hydrogen-bond donors (Lipinski definition) is 2. The van der Waals surface area contributed by atoms with Crippen molar-refractivity contribution in [2.24, 2.45) is 5.73 Å². The van der Waals surface area contributed by atoms with Crippen molar-refractivity contribution in [2.45, 2.75) is 38.0 Å². The second-order valence-corrected chi connectivity index (χ2v) is 5.95. The minimum absolute atomic E-state index is 0. The quantitative estimate of drug-likeness (QED) is 0.783. The van der Waals surface area contributed by atoms with E-state index in [1.807, 2.05) is 24.3 Å². The van der Waals surface area contributed by atoms with E-state index in [-0.39, 0.29) is 24.4 Å². The number of nitrogens with two attached hydrogens (primary N) is 1. The maximum absolute atomic E-state index is 12.3. The number of nitrogens with zero attached hydrogens (tertiary/aromatic N) is 2. The lowest BCUT2D eigenvalue weighted by molar-refractivity contribution is -0.132. The number of nitrogens with one attached hydrogen (secondary N) is 1. The third kappa shape index (κ3) is 4.32. The fourth-order valence-electron chi connectivity index (χ4n) is 2.79. The molecule has 2 heterocycles. The molecule has 1 aliphatic rings. The third-order valence-electron chi connectivity index (χ3n) is 4.18. The van der Waals surface area contributed by atoms with Crippen LogP contribution in [0.15, 0.2) is 28.8 Å². The molecule has 1 aromatic carbocycles. The lowest BCUT2D eigenvalue weighted by Crippen LogP contribution is -2.37. The summed E-state index contributed by atoms with van der Waals surface area (Å²) in [6.45, 7) is 2.21. The summed E-state index contributed by atoms with van der Waals surface area (Å²) in [5.41, 5.74) is 6.30. The van der Waals surface area contributed by atoms with Gasteiger partial charge in [-0.15, -0.1) is 12.4 Å². The Hall–Kier alpha value is -2.16. The number of halogens is 1. The molecule has 1 aliphatic heterocycles. The van der Waals surface area contributed by atoms with Crippen LogP contribution in [-0.4, -0.2) is 41.9 Å². The van der Waals surface area contributed by atoms with Crippen molar-refractivity contribution in [3.63, 3.8) is 0 Å². The molecule has 0 aliphatic carbocycles. The largest absolute Gasteiger partial charge is 0.496 e. The molecule has 0 spiro atoms. The van der Waals surface area contributed by atoms with Crippen molar-refractivity contribution in [1.29, 1.82) is 0 Å². The average molecular weight is 383 g/mol. The lowest BCUT2D eigenvalue weighted by Gasteiger charge is -2.15. The number of carbonyl (C=O) groups is 1. The molecule has 3 rings (SSSR count). The van der Waals surface area contributed by atoms with Gasteiger partial charge in [-0.3, -0.25) is 4.79 Å². The summed E-state index contributed by atoms with van der Waals surface area (Å²) in [7, 11) is 1.58. The van der Waals surface area contributed by atoms with Gasteiger partial charge in [-0.2, -0.15) is 4.98 Å². The summed E-state index contributed by atoms with van der Waals surface area (Å²) in [4.78, 5) is 16.6. The summed E-state index contributed by atoms with van der Waals surface area (Å²) in [6, 6.07) is 6.97. The molecule has 1 amide bonds. The van der Waals surface area contributed by atoms with Gasteiger partial charge in [0.25, 0.3) is 0 Å². The monoisotopic (exact) mass is 382 g/mol. The van der Waals surface area contributed by atoms with Crippen LogP contribution in [0.1, 0.15) is 31.7 Å². The zero-order valence-electron chi connectivity index (χ0n) is 14.7. The van der Waals surface area contributed by atoms with E-state index in [4.69, 9.17) is 19.7 Å². The Morgan fingerprint density at radius 2 is 2.19 bits per heavy atom. The molecule has 1 saturated heterocycles. The fourth-order valence-corrected chi connectivity index (χ4v) is 2.79. The van der Waals surface area contributed by atoms with E-state index in [0.717, 1.165) is 12.0 Å². The lowest BCUT2D eigenvalue weighted by atomic mass is 10.2. The molecule has 2 aromatic rings. The van der Waals surface area contributed by atoms with Crippen LogP contribution in [0.2, 0.25) is 0 Å². The topological polar surface area (TPSA) is 113 Å². The molecule has 142 valence electrons. The summed E-state index contributed by atoms with van der Waals surface area (Å²) >= 11 is 0. The third-order valence-corrected chi connectivity index (χ3v) is 4.18. The van der Waals surface area contributed by atoms with E-state index in [1.54, 1.807) is 14.0 Å². The number of amides is 1. The Morgan fingerprint density at radius 1 is 1.42 bits per heavy atom. The highest BCUT2D eigenvalue weighted by molar-refractivity contribution is 5.85. The normalized spacial score (nSPS) is 20.3. The van der Waals surface area contributed by atoms with Gasteiger partial charge in [0, 0.05) is 6.54 Å². The molecular weight excluding hydrogens is 360 g/mol. The van der Waals surface area contributed by atoms with Crippen molar-refractivity contribution in [1.82, 2.24) is 15.5 Å². The molecule has 26 heavy (non-hydrogen) atoms. The van der Waals surface area contributed by atoms with Gasteiger partial charge in [-0.1, -0.05) is 17.3 Å². The average Bonchev–Trinajstić information content (AvgIpc) is 3.31. The molecule has 1 fully saturated rings. The molecule has 0 bridgehead atoms. The van der Waals surface area contributed by atoms with Crippen LogP contribution in [-0.2, 0) is 9.53 Å². The summed E-state index contributed by atoms with van der Waals surface area (Å²) < 4.78 is 16.2. The first-order valence-corrected chi connectivity index (χ1v) is 8.25. The van der Waals surface area contributed by atoms with Gasteiger partial charge in [-0.25, -0.2) is 0 Å². The summed E-state index contributed by atoms with van der Waals surface area (Å²) in [6.07, 6.45) is 0.928. The first-order chi connectivity index (χ1) is 12.1. The number of carbonyl (C=O) groups excluding carboxylic acids is 1. The highest BCUT2D eigenvalue weighted by atomic mass is 35.5. The zero-order chi connectivity index (χ0) is 17.8. The van der Waals surface area contributed by atoms with Gasteiger partial charge in [-0.05, 0) is 31.9 Å². The van der Waals surface area contributed by atoms with Gasteiger partial charge in [0.2, 0.25) is 17.6 Å². The maximum atomic E-state index is 12.3. The predicted molar refractivity (Wildman–Crippen MR) is 97.0 cm³/mol. The maximum Gasteiger partial charge on any atom is 0.249 e. The molecule has 8 nitrogen and oxygen atoms in total. The minimum Gasteiger partial charge on any atom is -0.496 e. The Kier molecular flexibility index (Phi) is 6.96. The SMILES string of the molecule is COc1ccccc1-c1noc(C(C)NC(=O)[C@@H]2CC[C@H](CN)O2)n1.Cl. The molecule has 3 N–H and O–H groups in total. The second-order valence-electron chi connectivity index (χ2n) is 5.95. The van der Waals surface area contributed by atoms with Crippen molar-refractivity contribution >= 4 is 18.3 Å². The molecule has 1 unspecified atom stereocenters. The zero-order valence-corrected chi connectivity index (χ0v) is 15.5. The van der Waals surface area contributed by atoms with Gasteiger partial charge >= 0.3 is 0 Å². The van der Waals surface area contributed by atoms with Crippen molar-refractivity contribution in [3.05, 3.63) is 30.2 Å². The second kappa shape index (κ2) is 8.98. The molecule has 0 radical (unpaired) electrons. The van der Waals surface area contributed by atoms with Gasteiger partial charge in [0.15, 0.2) is 0 Å². The van der Waals surface area contributed by atoms with E-state index in [1.165, 1.54) is 0 Å². The molecule has 9 heteroatoms. The Balaban J connectivity index is 0.00000243. The number of methoxy groups -OCH3 is 1. The Labute approximate surface area is 157 Å². The van der Waals surface area contributed by atoms with E-state index < -0.39 is 12.1 Å². The van der Waals surface area contributed by atoms with Crippen molar-refractivity contribution in [2.75, 3.05) is 13.7 Å². The number of ether oxygens (including phenoxy) is 2. The number of benzene rings is 1. The van der Waals surface area contributed by atoms with Gasteiger partial charge in [0.05, 0.1) is 18.8 Å². The van der Waals surface area contributed by atoms with Crippen molar-refractivity contribution < 1.29 is 18.8 Å². The number of rotatable bonds is 6. The molecule has 0 saturated carbocycles. The smallest absolute Gasteiger partial charge is 0.249 e. The van der Waals surface area contributed by atoms with Crippen LogP contribution in [0, 0.1) is 0 Å². The standard InChI is InChI=1S/C17H22N4O4.ClH/c1-10(19-16(22)14-8-7-11(9-18)24-14)17-20-15(21-25-17)12-5-3-4-6-13(12)23-2;/h3-6,10-11,14H,7-9,18H2,1-2H3,(H,19,22);1H/t10?,11-,14+;/m1./s1. The van der Waals surface area contributed by atoms with Crippen molar-refractivity contribution in [3.8, 4) is 17.1 Å². The van der Waals surface area contributed by atoms with Crippen LogP contribution in [0.4, 0.5) is 0 Å². The van der Waals surface area contributed by atoms with Crippen LogP contribution in [0.5, 0.6) is 5.75 Å². The highest BCUT2D eigenvalue weighted by Gasteiger charge is 2.31. The van der Waals surface area contributed by atoms with E-state index >= 15 is 0 Å². The van der Waals surface area contributed by atoms with Crippen LogP contribution >= 0.6 is 12.4 Å². The number of para-hydroxylation sites is 1. The van der Waals surface area contributed by atoms with Gasteiger partial charge in [0.1, 0.15) is 17.9 Å². The Morgan fingerprint density at radius 3 is 2.88 bits per heavy atom. The summed E-state index contributed by atoms with van der Waals surface area (Å²) in [5, 5.41) is 6.82. The minimum atomic E-state index is -0.479. The van der Waals surface area contributed by atoms with Crippen LogP contribution in [0.3, 0.4) is 0 Å². The molecule has 1 aromatic heterocycles. The van der Waals surface area contributed by atoms with Crippen LogP contribution in [0.25, 0.3) is 11.4 Å². The van der Waals surface area contributed by atoms with Crippen LogP contribution < -0.4 is 15.8 Å².